The second-order valence-corrected chi connectivity index (χ2v) is 5.89. The van der Waals surface area contributed by atoms with E-state index in [0.29, 0.717) is 11.1 Å². The quantitative estimate of drug-likeness (QED) is 0.867. The molecule has 0 saturated carbocycles. The maximum absolute atomic E-state index is 12.8. The number of rotatable bonds is 3. The molecule has 3 N–H and O–H groups in total. The number of amides is 2. The molecule has 0 spiro atoms. The molecule has 1 aliphatic heterocycles. The van der Waals surface area contributed by atoms with E-state index >= 15 is 0 Å². The number of carbonyl (C=O) groups excluding carboxylic acids is 2. The van der Waals surface area contributed by atoms with Crippen molar-refractivity contribution in [2.75, 3.05) is 0 Å². The van der Waals surface area contributed by atoms with E-state index in [1.807, 2.05) is 12.1 Å². The zero-order valence-corrected chi connectivity index (χ0v) is 14.2. The van der Waals surface area contributed by atoms with E-state index in [1.165, 1.54) is 0 Å². The molecule has 0 saturated heterocycles. The van der Waals surface area contributed by atoms with Gasteiger partial charge in [0.15, 0.2) is 0 Å². The first-order chi connectivity index (χ1) is 13.1. The summed E-state index contributed by atoms with van der Waals surface area (Å²) < 4.78 is 0. The van der Waals surface area contributed by atoms with Crippen molar-refractivity contribution in [2.24, 2.45) is 11.7 Å². The van der Waals surface area contributed by atoms with Gasteiger partial charge in [0.05, 0.1) is 17.7 Å². The molecule has 0 fully saturated rings. The number of nitrogens with two attached hydrogens (primary N) is 1. The van der Waals surface area contributed by atoms with Crippen molar-refractivity contribution in [1.82, 2.24) is 10.4 Å². The van der Waals surface area contributed by atoms with Gasteiger partial charge in [-0.25, -0.2) is 5.01 Å². The third-order valence-corrected chi connectivity index (χ3v) is 4.32. The van der Waals surface area contributed by atoms with E-state index in [9.17, 15) is 20.1 Å². The monoisotopic (exact) mass is 357 g/mol. The normalized spacial score (nSPS) is 19.2. The number of hydrogen-bond acceptors (Lipinski definition) is 5. The molecular formula is C20H15N5O2. The zero-order chi connectivity index (χ0) is 19.4. The lowest BCUT2D eigenvalue weighted by atomic mass is 9.78. The van der Waals surface area contributed by atoms with Gasteiger partial charge in [-0.2, -0.15) is 10.5 Å². The van der Waals surface area contributed by atoms with Gasteiger partial charge in [-0.3, -0.25) is 15.0 Å². The maximum Gasteiger partial charge on any atom is 0.270 e. The molecule has 2 aromatic rings. The van der Waals surface area contributed by atoms with Crippen molar-refractivity contribution in [2.45, 2.75) is 5.92 Å². The van der Waals surface area contributed by atoms with Crippen molar-refractivity contribution in [3.8, 4) is 12.1 Å². The van der Waals surface area contributed by atoms with Gasteiger partial charge in [0, 0.05) is 11.5 Å². The summed E-state index contributed by atoms with van der Waals surface area (Å²) in [4.78, 5) is 25.2. The average Bonchev–Trinajstić information content (AvgIpc) is 2.72. The van der Waals surface area contributed by atoms with E-state index < -0.39 is 23.7 Å². The molecule has 0 radical (unpaired) electrons. The number of benzene rings is 2. The summed E-state index contributed by atoms with van der Waals surface area (Å²) in [5.74, 6) is -3.43. The number of carbonyl (C=O) groups is 2. The molecular weight excluding hydrogens is 342 g/mol. The molecule has 1 aliphatic rings. The first kappa shape index (κ1) is 17.7. The van der Waals surface area contributed by atoms with Crippen molar-refractivity contribution in [1.29, 1.82) is 10.5 Å². The Bertz CT molecular complexity index is 987. The van der Waals surface area contributed by atoms with Crippen LogP contribution in [0.5, 0.6) is 0 Å². The van der Waals surface area contributed by atoms with Gasteiger partial charge in [-0.15, -0.1) is 0 Å². The lowest BCUT2D eigenvalue weighted by Crippen LogP contribution is -2.54. The molecule has 0 aromatic heterocycles. The second-order valence-electron chi connectivity index (χ2n) is 5.89. The Morgan fingerprint density at radius 1 is 1.04 bits per heavy atom. The van der Waals surface area contributed by atoms with E-state index in [1.54, 1.807) is 60.7 Å². The Balaban J connectivity index is 2.02. The lowest BCUT2D eigenvalue weighted by molar-refractivity contribution is -0.135. The molecule has 2 amide bonds. The van der Waals surface area contributed by atoms with Crippen molar-refractivity contribution in [3.05, 3.63) is 83.2 Å². The summed E-state index contributed by atoms with van der Waals surface area (Å²) in [6, 6.07) is 20.9. The summed E-state index contributed by atoms with van der Waals surface area (Å²) in [5, 5.41) is 20.0. The molecule has 7 heteroatoms. The minimum atomic E-state index is -1.19. The molecule has 7 nitrogen and oxygen atoms in total. The second kappa shape index (κ2) is 7.42. The van der Waals surface area contributed by atoms with Gasteiger partial charge < -0.3 is 5.73 Å². The van der Waals surface area contributed by atoms with Crippen LogP contribution in [-0.2, 0) is 4.79 Å². The molecule has 132 valence electrons. The molecule has 3 rings (SSSR count). The van der Waals surface area contributed by atoms with Gasteiger partial charge in [0.1, 0.15) is 11.7 Å². The predicted octanol–water partition coefficient (Wildman–Crippen LogP) is 1.79. The van der Waals surface area contributed by atoms with Crippen molar-refractivity contribution >= 4 is 11.8 Å². The van der Waals surface area contributed by atoms with Crippen molar-refractivity contribution in [3.63, 3.8) is 0 Å². The van der Waals surface area contributed by atoms with Crippen LogP contribution < -0.4 is 11.2 Å². The molecule has 0 aliphatic carbocycles. The van der Waals surface area contributed by atoms with Crippen LogP contribution >= 0.6 is 0 Å². The topological polar surface area (TPSA) is 123 Å². The summed E-state index contributed by atoms with van der Waals surface area (Å²) in [5.41, 5.74) is 9.43. The first-order valence-electron chi connectivity index (χ1n) is 8.12. The Hall–Kier alpha value is -4.10. The number of hydrogen-bond donors (Lipinski definition) is 2. The van der Waals surface area contributed by atoms with Crippen LogP contribution in [0, 0.1) is 28.6 Å². The molecule has 27 heavy (non-hydrogen) atoms. The van der Waals surface area contributed by atoms with Crippen LogP contribution in [0.4, 0.5) is 0 Å². The Morgan fingerprint density at radius 2 is 1.63 bits per heavy atom. The largest absolute Gasteiger partial charge is 0.383 e. The summed E-state index contributed by atoms with van der Waals surface area (Å²) >= 11 is 0. The summed E-state index contributed by atoms with van der Waals surface area (Å²) in [6.07, 6.45) is 0. The highest BCUT2D eigenvalue weighted by atomic mass is 16.2. The minimum Gasteiger partial charge on any atom is -0.383 e. The molecule has 2 aromatic carbocycles. The standard InChI is InChI=1S/C20H15N5O2/c21-11-15-17(13-7-3-1-4-8-13)16(12-22)20(27)25(18(15)23)24-19(26)14-9-5-2-6-10-14/h1-10,16-17H,23H2,(H,24,26). The highest BCUT2D eigenvalue weighted by molar-refractivity contribution is 5.97. The summed E-state index contributed by atoms with van der Waals surface area (Å²) in [7, 11) is 0. The third kappa shape index (κ3) is 3.22. The number of nitrogens with zero attached hydrogens (tertiary/aromatic N) is 3. The van der Waals surface area contributed by atoms with Gasteiger partial charge in [-0.05, 0) is 17.7 Å². The fourth-order valence-electron chi connectivity index (χ4n) is 2.99. The number of nitrogens with one attached hydrogen (secondary N) is 1. The smallest absolute Gasteiger partial charge is 0.270 e. The number of allylic oxidation sites excluding steroid dienone is 1. The molecule has 0 bridgehead atoms. The van der Waals surface area contributed by atoms with Crippen LogP contribution in [0.15, 0.2) is 72.1 Å². The number of nitriles is 2. The SMILES string of the molecule is N#CC1=C(N)N(NC(=O)c2ccccc2)C(=O)C(C#N)C1c1ccccc1. The Labute approximate surface area is 155 Å². The van der Waals surface area contributed by atoms with E-state index in [2.05, 4.69) is 5.43 Å². The Morgan fingerprint density at radius 3 is 2.19 bits per heavy atom. The Kier molecular flexibility index (Phi) is 4.87. The highest BCUT2D eigenvalue weighted by Gasteiger charge is 2.43. The van der Waals surface area contributed by atoms with Crippen LogP contribution in [0.1, 0.15) is 21.8 Å². The zero-order valence-electron chi connectivity index (χ0n) is 14.2. The van der Waals surface area contributed by atoms with Gasteiger partial charge in [0.2, 0.25) is 0 Å². The lowest BCUT2D eigenvalue weighted by Gasteiger charge is -2.34. The van der Waals surface area contributed by atoms with Crippen molar-refractivity contribution < 1.29 is 9.59 Å². The summed E-state index contributed by atoms with van der Waals surface area (Å²) in [6.45, 7) is 0. The van der Waals surface area contributed by atoms with Crippen LogP contribution in [-0.4, -0.2) is 16.8 Å². The average molecular weight is 357 g/mol. The van der Waals surface area contributed by atoms with Gasteiger partial charge in [0.25, 0.3) is 11.8 Å². The fraction of sp³-hybridized carbons (Fsp3) is 0.100. The van der Waals surface area contributed by atoms with Gasteiger partial charge in [-0.1, -0.05) is 48.5 Å². The fourth-order valence-corrected chi connectivity index (χ4v) is 2.99. The first-order valence-corrected chi connectivity index (χ1v) is 8.12. The third-order valence-electron chi connectivity index (χ3n) is 4.32. The molecule has 1 heterocycles. The van der Waals surface area contributed by atoms with Gasteiger partial charge >= 0.3 is 0 Å². The predicted molar refractivity (Wildman–Crippen MR) is 95.9 cm³/mol. The molecule has 2 unspecified atom stereocenters. The van der Waals surface area contributed by atoms with Crippen LogP contribution in [0.25, 0.3) is 0 Å². The van der Waals surface area contributed by atoms with Crippen LogP contribution in [0.2, 0.25) is 0 Å². The van der Waals surface area contributed by atoms with E-state index in [4.69, 9.17) is 5.73 Å². The van der Waals surface area contributed by atoms with E-state index in [-0.39, 0.29) is 11.4 Å². The van der Waals surface area contributed by atoms with E-state index in [0.717, 1.165) is 5.01 Å². The number of hydrazine groups is 1. The molecule has 2 atom stereocenters. The maximum atomic E-state index is 12.8. The highest BCUT2D eigenvalue weighted by Crippen LogP contribution is 2.37. The van der Waals surface area contributed by atoms with Crippen LogP contribution in [0.3, 0.4) is 0 Å². The minimum absolute atomic E-state index is 0.0562.